The average Bonchev–Trinajstić information content (AvgIpc) is 2.61. The lowest BCUT2D eigenvalue weighted by Gasteiger charge is -2.38. The third-order valence-electron chi connectivity index (χ3n) is 4.86. The molecular weight excluding hydrogens is 356 g/mol. The number of carbonyl (C=O) groups excluding carboxylic acids is 2. The van der Waals surface area contributed by atoms with Gasteiger partial charge in [0.05, 0.1) is 17.2 Å². The number of fused-ring (bicyclic) bond motifs is 1. The van der Waals surface area contributed by atoms with Gasteiger partial charge in [0.1, 0.15) is 0 Å². The molecule has 0 atom stereocenters. The van der Waals surface area contributed by atoms with E-state index in [4.69, 9.17) is 4.74 Å². The molecule has 0 radical (unpaired) electrons. The number of hydrogen-bond donors (Lipinski definition) is 0. The van der Waals surface area contributed by atoms with Crippen molar-refractivity contribution in [2.24, 2.45) is 5.92 Å². The predicted molar refractivity (Wildman–Crippen MR) is 96.7 cm³/mol. The Bertz CT molecular complexity index is 800. The first-order valence-electron chi connectivity index (χ1n) is 8.96. The van der Waals surface area contributed by atoms with Gasteiger partial charge in [0, 0.05) is 6.04 Å². The summed E-state index contributed by atoms with van der Waals surface area (Å²) >= 11 is 0. The van der Waals surface area contributed by atoms with Crippen molar-refractivity contribution in [3.8, 4) is 0 Å². The van der Waals surface area contributed by atoms with Crippen molar-refractivity contribution in [2.75, 3.05) is 11.0 Å². The Balaban J connectivity index is 1.87. The second kappa shape index (κ2) is 7.26. The van der Waals surface area contributed by atoms with Gasteiger partial charge in [0.25, 0.3) is 5.91 Å². The molecule has 1 saturated carbocycles. The molecule has 3 rings (SSSR count). The normalized spacial score (nSPS) is 20.2. The maximum Gasteiger partial charge on any atom is 0.331 e. The second-order valence-corrected chi connectivity index (χ2v) is 8.73. The van der Waals surface area contributed by atoms with E-state index in [0.717, 1.165) is 40.7 Å². The van der Waals surface area contributed by atoms with Crippen molar-refractivity contribution < 1.29 is 22.7 Å². The molecule has 1 heterocycles. The average molecular weight is 380 g/mol. The first-order valence-corrected chi connectivity index (χ1v) is 10.4. The summed E-state index contributed by atoms with van der Waals surface area (Å²) in [5.74, 6) is -1.11. The van der Waals surface area contributed by atoms with Crippen LogP contribution in [0.1, 0.15) is 56.3 Å². The number of esters is 1. The molecule has 0 saturated heterocycles. The van der Waals surface area contributed by atoms with Gasteiger partial charge in [-0.3, -0.25) is 9.59 Å². The van der Waals surface area contributed by atoms with Crippen LogP contribution in [-0.2, 0) is 19.7 Å². The van der Waals surface area contributed by atoms with Gasteiger partial charge in [-0.15, -0.1) is 0 Å². The molecule has 2 aliphatic rings. The van der Waals surface area contributed by atoms with Crippen LogP contribution in [0, 0.1) is 5.92 Å². The Kier molecular flexibility index (Phi) is 5.22. The van der Waals surface area contributed by atoms with Crippen LogP contribution in [0.4, 0.5) is 5.69 Å². The summed E-state index contributed by atoms with van der Waals surface area (Å²) in [6, 6.07) is 5.92. The van der Waals surface area contributed by atoms with E-state index in [1.165, 1.54) is 0 Å². The molecule has 1 aromatic rings. The first-order chi connectivity index (χ1) is 12.3. The number of nitrogens with zero attached hydrogens (tertiary/aromatic N) is 2. The van der Waals surface area contributed by atoms with Crippen molar-refractivity contribution in [1.82, 2.24) is 4.31 Å². The van der Waals surface area contributed by atoms with Crippen LogP contribution in [-0.4, -0.2) is 37.4 Å². The topological polar surface area (TPSA) is 84.0 Å². The summed E-state index contributed by atoms with van der Waals surface area (Å²) in [6.45, 7) is 2.84. The van der Waals surface area contributed by atoms with E-state index in [1.54, 1.807) is 38.1 Å². The smallest absolute Gasteiger partial charge is 0.331 e. The van der Waals surface area contributed by atoms with Gasteiger partial charge < -0.3 is 4.74 Å². The molecule has 1 aromatic carbocycles. The van der Waals surface area contributed by atoms with E-state index in [-0.39, 0.29) is 23.1 Å². The van der Waals surface area contributed by atoms with E-state index >= 15 is 0 Å². The van der Waals surface area contributed by atoms with E-state index in [2.05, 4.69) is 0 Å². The Morgan fingerprint density at radius 2 is 1.85 bits per heavy atom. The standard InChI is InChI=1S/C18H24N2O5S/c1-13(2)20-17(21)15-10-6-7-11-16(15)19(26(20,23)24)12-25-18(22)14-8-4-3-5-9-14/h6-7,10-11,13-14H,3-5,8-9,12H2,1-2H3. The molecule has 1 fully saturated rings. The largest absolute Gasteiger partial charge is 0.443 e. The minimum Gasteiger partial charge on any atom is -0.443 e. The zero-order valence-corrected chi connectivity index (χ0v) is 15.9. The fourth-order valence-corrected chi connectivity index (χ4v) is 5.19. The highest BCUT2D eigenvalue weighted by Gasteiger charge is 2.43. The van der Waals surface area contributed by atoms with E-state index in [0.29, 0.717) is 0 Å². The van der Waals surface area contributed by atoms with E-state index < -0.39 is 28.9 Å². The van der Waals surface area contributed by atoms with Crippen LogP contribution in [0.2, 0.25) is 0 Å². The molecule has 142 valence electrons. The molecular formula is C18H24N2O5S. The molecule has 26 heavy (non-hydrogen) atoms. The summed E-state index contributed by atoms with van der Waals surface area (Å²) in [5, 5.41) is 0. The molecule has 1 amide bonds. The molecule has 0 unspecified atom stereocenters. The van der Waals surface area contributed by atoms with Crippen molar-refractivity contribution in [2.45, 2.75) is 52.0 Å². The van der Waals surface area contributed by atoms with Gasteiger partial charge in [0.15, 0.2) is 6.73 Å². The van der Waals surface area contributed by atoms with Gasteiger partial charge in [-0.05, 0) is 38.8 Å². The molecule has 8 heteroatoms. The number of ether oxygens (including phenoxy) is 1. The number of anilines is 1. The first kappa shape index (κ1) is 18.7. The van der Waals surface area contributed by atoms with Gasteiger partial charge >= 0.3 is 16.2 Å². The molecule has 0 aromatic heterocycles. The van der Waals surface area contributed by atoms with Gasteiger partial charge in [-0.2, -0.15) is 8.42 Å². The maximum atomic E-state index is 13.0. The van der Waals surface area contributed by atoms with E-state index in [1.807, 2.05) is 0 Å². The van der Waals surface area contributed by atoms with Gasteiger partial charge in [-0.25, -0.2) is 8.61 Å². The lowest BCUT2D eigenvalue weighted by Crippen LogP contribution is -2.54. The third kappa shape index (κ3) is 3.30. The molecule has 1 aliphatic heterocycles. The summed E-state index contributed by atoms with van der Waals surface area (Å²) in [5.41, 5.74) is 0.524. The Hall–Kier alpha value is -2.09. The van der Waals surface area contributed by atoms with Crippen molar-refractivity contribution >= 4 is 27.8 Å². The lowest BCUT2D eigenvalue weighted by molar-refractivity contribution is -0.149. The van der Waals surface area contributed by atoms with Crippen LogP contribution < -0.4 is 4.31 Å². The summed E-state index contributed by atoms with van der Waals surface area (Å²) in [6.07, 6.45) is 4.64. The SMILES string of the molecule is CC(C)N1C(=O)c2ccccc2N(COC(=O)C2CCCCC2)S1(=O)=O. The summed E-state index contributed by atoms with van der Waals surface area (Å²) in [4.78, 5) is 24.9. The van der Waals surface area contributed by atoms with Crippen molar-refractivity contribution in [3.63, 3.8) is 0 Å². The monoisotopic (exact) mass is 380 g/mol. The quantitative estimate of drug-likeness (QED) is 0.750. The zero-order valence-electron chi connectivity index (χ0n) is 15.1. The minimum absolute atomic E-state index is 0.172. The van der Waals surface area contributed by atoms with Crippen LogP contribution in [0.5, 0.6) is 0 Å². The zero-order chi connectivity index (χ0) is 18.9. The van der Waals surface area contributed by atoms with Crippen molar-refractivity contribution in [3.05, 3.63) is 29.8 Å². The number of amides is 1. The molecule has 1 aliphatic carbocycles. The van der Waals surface area contributed by atoms with Crippen molar-refractivity contribution in [1.29, 1.82) is 0 Å². The minimum atomic E-state index is -4.11. The Labute approximate surface area is 154 Å². The van der Waals surface area contributed by atoms with Crippen LogP contribution in [0.3, 0.4) is 0 Å². The van der Waals surface area contributed by atoms with Gasteiger partial charge in [-0.1, -0.05) is 31.4 Å². The highest BCUT2D eigenvalue weighted by Crippen LogP contribution is 2.33. The number of hydrogen-bond acceptors (Lipinski definition) is 5. The number of benzene rings is 1. The highest BCUT2D eigenvalue weighted by molar-refractivity contribution is 7.91. The van der Waals surface area contributed by atoms with E-state index in [9.17, 15) is 18.0 Å². The van der Waals surface area contributed by atoms with Gasteiger partial charge in [0.2, 0.25) is 0 Å². The molecule has 0 spiro atoms. The number of para-hydroxylation sites is 1. The predicted octanol–water partition coefficient (Wildman–Crippen LogP) is 2.68. The van der Waals surface area contributed by atoms with Crippen LogP contribution in [0.25, 0.3) is 0 Å². The number of rotatable bonds is 4. The summed E-state index contributed by atoms with van der Waals surface area (Å²) < 4.78 is 33.1. The van der Waals surface area contributed by atoms with Crippen LogP contribution >= 0.6 is 0 Å². The second-order valence-electron chi connectivity index (χ2n) is 7.00. The molecule has 0 bridgehead atoms. The fourth-order valence-electron chi connectivity index (χ4n) is 3.54. The molecule has 7 nitrogen and oxygen atoms in total. The highest BCUT2D eigenvalue weighted by atomic mass is 32.2. The molecule has 0 N–H and O–H groups in total. The van der Waals surface area contributed by atoms with Crippen LogP contribution in [0.15, 0.2) is 24.3 Å². The Morgan fingerprint density at radius 1 is 1.19 bits per heavy atom. The number of carbonyl (C=O) groups is 2. The Morgan fingerprint density at radius 3 is 2.50 bits per heavy atom. The maximum absolute atomic E-state index is 13.0. The lowest BCUT2D eigenvalue weighted by atomic mass is 9.89. The summed E-state index contributed by atoms with van der Waals surface area (Å²) in [7, 11) is -4.11. The third-order valence-corrected chi connectivity index (χ3v) is 6.81. The fraction of sp³-hybridized carbons (Fsp3) is 0.556.